The largest absolute Gasteiger partial charge is 0.395 e. The highest BCUT2D eigenvalue weighted by Crippen LogP contribution is 2.35. The fourth-order valence-electron chi connectivity index (χ4n) is 3.82. The number of hydrogen-bond acceptors (Lipinski definition) is 7. The predicted octanol–water partition coefficient (Wildman–Crippen LogP) is 6.56. The number of nitrogens with zero attached hydrogens (tertiary/aromatic N) is 4. The lowest BCUT2D eigenvalue weighted by Gasteiger charge is -2.17. The van der Waals surface area contributed by atoms with Gasteiger partial charge in [0.05, 0.1) is 22.0 Å². The first kappa shape index (κ1) is 22.7. The summed E-state index contributed by atoms with van der Waals surface area (Å²) in [6, 6.07) is 14.7. The van der Waals surface area contributed by atoms with E-state index in [1.165, 1.54) is 17.7 Å². The van der Waals surface area contributed by atoms with E-state index in [4.69, 9.17) is 14.8 Å². The van der Waals surface area contributed by atoms with E-state index in [0.29, 0.717) is 6.61 Å². The standard InChI is InChI=1S/C26H23FN4OS2/c1-17-25(34-26(29-17)19-5-3-13-28-16-19)23-12-7-18-4-2-6-22(24(18)30-23)31-32-14-15-33-21-10-8-20(27)9-11-21/h3,5,7-13,16H,2,4,6,14-15H2,1H3. The van der Waals surface area contributed by atoms with Gasteiger partial charge in [0.2, 0.25) is 0 Å². The van der Waals surface area contributed by atoms with Crippen LogP contribution in [0.25, 0.3) is 21.1 Å². The molecule has 0 atom stereocenters. The second-order valence-corrected chi connectivity index (χ2v) is 10.1. The molecule has 0 saturated heterocycles. The normalized spacial score (nSPS) is 14.2. The quantitative estimate of drug-likeness (QED) is 0.167. The van der Waals surface area contributed by atoms with Crippen molar-refractivity contribution in [2.45, 2.75) is 31.1 Å². The van der Waals surface area contributed by atoms with Gasteiger partial charge in [-0.2, -0.15) is 0 Å². The summed E-state index contributed by atoms with van der Waals surface area (Å²) in [5.41, 5.74) is 5.89. The topological polar surface area (TPSA) is 60.3 Å². The fraction of sp³-hybridized carbons (Fsp3) is 0.231. The van der Waals surface area contributed by atoms with Crippen LogP contribution in [0.1, 0.15) is 29.8 Å². The minimum absolute atomic E-state index is 0.225. The Bertz CT molecular complexity index is 1310. The van der Waals surface area contributed by atoms with Gasteiger partial charge in [0.15, 0.2) is 0 Å². The lowest BCUT2D eigenvalue weighted by Crippen LogP contribution is -2.15. The molecule has 5 rings (SSSR count). The van der Waals surface area contributed by atoms with E-state index in [1.54, 1.807) is 41.4 Å². The molecule has 4 aromatic rings. The fourth-order valence-corrected chi connectivity index (χ4v) is 5.57. The number of oxime groups is 1. The summed E-state index contributed by atoms with van der Waals surface area (Å²) < 4.78 is 13.0. The van der Waals surface area contributed by atoms with Gasteiger partial charge in [0.25, 0.3) is 0 Å². The van der Waals surface area contributed by atoms with E-state index in [-0.39, 0.29) is 5.82 Å². The number of aryl methyl sites for hydroxylation is 2. The van der Waals surface area contributed by atoms with Gasteiger partial charge in [-0.15, -0.1) is 23.1 Å². The van der Waals surface area contributed by atoms with Crippen LogP contribution >= 0.6 is 23.1 Å². The van der Waals surface area contributed by atoms with Crippen molar-refractivity contribution in [2.75, 3.05) is 12.4 Å². The van der Waals surface area contributed by atoms with Crippen molar-refractivity contribution in [1.82, 2.24) is 15.0 Å². The van der Waals surface area contributed by atoms with Crippen LogP contribution in [0.4, 0.5) is 4.39 Å². The minimum Gasteiger partial charge on any atom is -0.395 e. The van der Waals surface area contributed by atoms with Crippen molar-refractivity contribution in [3.05, 3.63) is 83.7 Å². The van der Waals surface area contributed by atoms with E-state index in [9.17, 15) is 4.39 Å². The van der Waals surface area contributed by atoms with Crippen LogP contribution in [0.5, 0.6) is 0 Å². The van der Waals surface area contributed by atoms with Crippen LogP contribution in [0, 0.1) is 12.7 Å². The SMILES string of the molecule is Cc1nc(-c2cccnc2)sc1-c1ccc2c(n1)C(=NOCCSc1ccc(F)cc1)CCC2. The van der Waals surface area contributed by atoms with Crippen LogP contribution in [0.15, 0.2) is 71.0 Å². The van der Waals surface area contributed by atoms with Gasteiger partial charge in [-0.05, 0) is 74.2 Å². The molecule has 1 aromatic carbocycles. The van der Waals surface area contributed by atoms with Crippen LogP contribution in [0.3, 0.4) is 0 Å². The number of thioether (sulfide) groups is 1. The number of rotatable bonds is 7. The molecule has 0 aliphatic heterocycles. The molecule has 0 unspecified atom stereocenters. The number of benzene rings is 1. The second kappa shape index (κ2) is 10.4. The van der Waals surface area contributed by atoms with Crippen molar-refractivity contribution in [3.63, 3.8) is 0 Å². The Labute approximate surface area is 206 Å². The van der Waals surface area contributed by atoms with E-state index >= 15 is 0 Å². The van der Waals surface area contributed by atoms with E-state index < -0.39 is 0 Å². The van der Waals surface area contributed by atoms with Gasteiger partial charge in [-0.1, -0.05) is 11.2 Å². The summed E-state index contributed by atoms with van der Waals surface area (Å²) in [4.78, 5) is 21.7. The highest BCUT2D eigenvalue weighted by molar-refractivity contribution is 7.99. The van der Waals surface area contributed by atoms with Crippen LogP contribution in [-0.2, 0) is 11.3 Å². The van der Waals surface area contributed by atoms with Crippen molar-refractivity contribution < 1.29 is 9.23 Å². The molecule has 3 heterocycles. The van der Waals surface area contributed by atoms with Gasteiger partial charge < -0.3 is 4.84 Å². The van der Waals surface area contributed by atoms with Crippen LogP contribution in [-0.4, -0.2) is 33.0 Å². The third kappa shape index (κ3) is 5.18. The molecule has 1 aliphatic rings. The second-order valence-electron chi connectivity index (χ2n) is 7.91. The zero-order valence-electron chi connectivity index (χ0n) is 18.7. The highest BCUT2D eigenvalue weighted by Gasteiger charge is 2.20. The number of hydrogen-bond donors (Lipinski definition) is 0. The van der Waals surface area contributed by atoms with Crippen LogP contribution in [0.2, 0.25) is 0 Å². The summed E-state index contributed by atoms with van der Waals surface area (Å²) in [6.07, 6.45) is 6.46. The molecule has 8 heteroatoms. The third-order valence-electron chi connectivity index (χ3n) is 5.48. The van der Waals surface area contributed by atoms with Gasteiger partial charge in [0.1, 0.15) is 23.1 Å². The Balaban J connectivity index is 1.30. The van der Waals surface area contributed by atoms with E-state index in [1.807, 2.05) is 25.3 Å². The molecule has 34 heavy (non-hydrogen) atoms. The average Bonchev–Trinajstić information content (AvgIpc) is 3.27. The Kier molecular flexibility index (Phi) is 6.97. The Hall–Kier alpha value is -3.10. The Morgan fingerprint density at radius 1 is 1.09 bits per heavy atom. The molecule has 3 aromatic heterocycles. The maximum atomic E-state index is 13.0. The predicted molar refractivity (Wildman–Crippen MR) is 136 cm³/mol. The third-order valence-corrected chi connectivity index (χ3v) is 7.69. The van der Waals surface area contributed by atoms with Gasteiger partial charge in [-0.3, -0.25) is 4.98 Å². The summed E-state index contributed by atoms with van der Waals surface area (Å²) >= 11 is 3.25. The van der Waals surface area contributed by atoms with Gasteiger partial charge in [-0.25, -0.2) is 14.4 Å². The molecule has 0 saturated carbocycles. The lowest BCUT2D eigenvalue weighted by molar-refractivity contribution is 0.160. The molecule has 0 radical (unpaired) electrons. The van der Waals surface area contributed by atoms with Crippen molar-refractivity contribution in [3.8, 4) is 21.1 Å². The summed E-state index contributed by atoms with van der Waals surface area (Å²) in [5.74, 6) is 0.511. The van der Waals surface area contributed by atoms with E-state index in [2.05, 4.69) is 22.3 Å². The highest BCUT2D eigenvalue weighted by atomic mass is 32.2. The first-order valence-electron chi connectivity index (χ1n) is 11.1. The Morgan fingerprint density at radius 3 is 2.79 bits per heavy atom. The number of aromatic nitrogens is 3. The molecule has 0 N–H and O–H groups in total. The molecule has 0 spiro atoms. The summed E-state index contributed by atoms with van der Waals surface area (Å²) in [5, 5.41) is 5.38. The van der Waals surface area contributed by atoms with Gasteiger partial charge >= 0.3 is 0 Å². The number of halogens is 1. The van der Waals surface area contributed by atoms with Gasteiger partial charge in [0, 0.05) is 28.6 Å². The monoisotopic (exact) mass is 490 g/mol. The average molecular weight is 491 g/mol. The molecule has 5 nitrogen and oxygen atoms in total. The zero-order chi connectivity index (χ0) is 23.3. The molecule has 172 valence electrons. The summed E-state index contributed by atoms with van der Waals surface area (Å²) in [7, 11) is 0. The minimum atomic E-state index is -0.225. The van der Waals surface area contributed by atoms with Crippen molar-refractivity contribution in [2.24, 2.45) is 5.16 Å². The molecule has 0 amide bonds. The van der Waals surface area contributed by atoms with Crippen molar-refractivity contribution >= 4 is 28.8 Å². The Morgan fingerprint density at radius 2 is 1.97 bits per heavy atom. The van der Waals surface area contributed by atoms with Crippen LogP contribution < -0.4 is 0 Å². The molecule has 0 bridgehead atoms. The number of fused-ring (bicyclic) bond motifs is 1. The zero-order valence-corrected chi connectivity index (χ0v) is 20.3. The maximum Gasteiger partial charge on any atom is 0.126 e. The number of pyridine rings is 2. The molecule has 0 fully saturated rings. The first-order chi connectivity index (χ1) is 16.7. The summed E-state index contributed by atoms with van der Waals surface area (Å²) in [6.45, 7) is 2.49. The molecular weight excluding hydrogens is 467 g/mol. The van der Waals surface area contributed by atoms with E-state index in [0.717, 1.165) is 68.2 Å². The number of thiazole rings is 1. The van der Waals surface area contributed by atoms with Crippen molar-refractivity contribution in [1.29, 1.82) is 0 Å². The smallest absolute Gasteiger partial charge is 0.126 e. The first-order valence-corrected chi connectivity index (χ1v) is 12.9. The molecule has 1 aliphatic carbocycles. The maximum absolute atomic E-state index is 13.0. The lowest BCUT2D eigenvalue weighted by atomic mass is 9.94. The molecular formula is C26H23FN4OS2.